The maximum atomic E-state index is 5.98. The highest BCUT2D eigenvalue weighted by Gasteiger charge is 2.22. The van der Waals surface area contributed by atoms with E-state index < -0.39 is 0 Å². The van der Waals surface area contributed by atoms with Gasteiger partial charge in [-0.25, -0.2) is 0 Å². The number of benzene rings is 1. The van der Waals surface area contributed by atoms with Gasteiger partial charge in [-0.05, 0) is 42.9 Å². The molecule has 102 valence electrons. The molecule has 1 aromatic carbocycles. The van der Waals surface area contributed by atoms with Crippen molar-refractivity contribution in [2.45, 2.75) is 58.5 Å². The summed E-state index contributed by atoms with van der Waals surface area (Å²) in [6.07, 6.45) is 2.04. The van der Waals surface area contributed by atoms with Crippen molar-refractivity contribution < 1.29 is 4.74 Å². The van der Waals surface area contributed by atoms with Crippen LogP contribution in [0.15, 0.2) is 24.3 Å². The van der Waals surface area contributed by atoms with Gasteiger partial charge in [0.15, 0.2) is 0 Å². The smallest absolute Gasteiger partial charge is 0.120 e. The van der Waals surface area contributed by atoms with E-state index >= 15 is 0 Å². The Morgan fingerprint density at radius 3 is 1.94 bits per heavy atom. The van der Waals surface area contributed by atoms with E-state index in [0.29, 0.717) is 6.54 Å². The molecule has 0 amide bonds. The number of rotatable bonds is 6. The van der Waals surface area contributed by atoms with Crippen LogP contribution >= 0.6 is 0 Å². The van der Waals surface area contributed by atoms with Crippen molar-refractivity contribution in [3.05, 3.63) is 29.8 Å². The summed E-state index contributed by atoms with van der Waals surface area (Å²) in [7, 11) is 0. The Balaban J connectivity index is 2.84. The van der Waals surface area contributed by atoms with Gasteiger partial charge in [-0.2, -0.15) is 0 Å². The topological polar surface area (TPSA) is 35.2 Å². The Hall–Kier alpha value is -1.02. The quantitative estimate of drug-likeness (QED) is 0.830. The van der Waals surface area contributed by atoms with Gasteiger partial charge in [-0.3, -0.25) is 0 Å². The van der Waals surface area contributed by atoms with Crippen LogP contribution in [0.25, 0.3) is 0 Å². The highest BCUT2D eigenvalue weighted by atomic mass is 16.5. The van der Waals surface area contributed by atoms with E-state index in [4.69, 9.17) is 10.5 Å². The monoisotopic (exact) mass is 249 g/mol. The molecule has 1 unspecified atom stereocenters. The fourth-order valence-electron chi connectivity index (χ4n) is 1.72. The molecule has 0 radical (unpaired) electrons. The zero-order chi connectivity index (χ0) is 13.8. The minimum absolute atomic E-state index is 0.223. The molecule has 18 heavy (non-hydrogen) atoms. The predicted octanol–water partition coefficient (Wildman–Crippen LogP) is 3.88. The fraction of sp³-hybridized carbons (Fsp3) is 0.625. The Labute approximate surface area is 112 Å². The van der Waals surface area contributed by atoms with Crippen LogP contribution in [0, 0.1) is 0 Å². The Morgan fingerprint density at radius 1 is 1.00 bits per heavy atom. The maximum Gasteiger partial charge on any atom is 0.120 e. The largest absolute Gasteiger partial charge is 0.486 e. The molecule has 0 aliphatic heterocycles. The second kappa shape index (κ2) is 5.75. The molecule has 0 fully saturated rings. The number of hydrogen-bond donors (Lipinski definition) is 1. The van der Waals surface area contributed by atoms with Gasteiger partial charge >= 0.3 is 0 Å². The zero-order valence-corrected chi connectivity index (χ0v) is 12.4. The lowest BCUT2D eigenvalue weighted by atomic mass is 9.82. The summed E-state index contributed by atoms with van der Waals surface area (Å²) < 4.78 is 5.98. The minimum Gasteiger partial charge on any atom is -0.486 e. The second-order valence-corrected chi connectivity index (χ2v) is 5.87. The summed E-state index contributed by atoms with van der Waals surface area (Å²) in [5.74, 6) is 0.903. The number of hydrogen-bond acceptors (Lipinski definition) is 2. The van der Waals surface area contributed by atoms with Crippen molar-refractivity contribution in [2.24, 2.45) is 5.73 Å². The van der Waals surface area contributed by atoms with E-state index in [2.05, 4.69) is 58.9 Å². The third kappa shape index (κ3) is 3.49. The molecule has 1 rings (SSSR count). The first kappa shape index (κ1) is 15.0. The molecule has 2 heteroatoms. The van der Waals surface area contributed by atoms with E-state index in [0.717, 1.165) is 18.6 Å². The molecule has 0 heterocycles. The highest BCUT2D eigenvalue weighted by Crippen LogP contribution is 2.29. The zero-order valence-electron chi connectivity index (χ0n) is 12.4. The van der Waals surface area contributed by atoms with E-state index in [-0.39, 0.29) is 11.0 Å². The molecule has 0 saturated carbocycles. The average molecular weight is 249 g/mol. The summed E-state index contributed by atoms with van der Waals surface area (Å²) in [6, 6.07) is 8.42. The van der Waals surface area contributed by atoms with Crippen molar-refractivity contribution >= 4 is 0 Å². The normalized spacial score (nSPS) is 15.2. The first-order valence-corrected chi connectivity index (χ1v) is 6.86. The molecule has 0 bridgehead atoms. The number of ether oxygens (including phenoxy) is 1. The van der Waals surface area contributed by atoms with Crippen molar-refractivity contribution in [1.29, 1.82) is 0 Å². The lowest BCUT2D eigenvalue weighted by Crippen LogP contribution is -2.39. The lowest BCUT2D eigenvalue weighted by molar-refractivity contribution is 0.0935. The summed E-state index contributed by atoms with van der Waals surface area (Å²) >= 11 is 0. The third-order valence-corrected chi connectivity index (χ3v) is 4.06. The maximum absolute atomic E-state index is 5.98. The van der Waals surface area contributed by atoms with E-state index in [1.807, 2.05) is 0 Å². The molecule has 1 aromatic rings. The van der Waals surface area contributed by atoms with Crippen LogP contribution in [-0.2, 0) is 5.41 Å². The molecule has 2 nitrogen and oxygen atoms in total. The summed E-state index contributed by atoms with van der Waals surface area (Å²) in [4.78, 5) is 0. The van der Waals surface area contributed by atoms with E-state index in [9.17, 15) is 0 Å². The first-order chi connectivity index (χ1) is 8.37. The Bertz CT molecular complexity index is 363. The van der Waals surface area contributed by atoms with Crippen LogP contribution in [0.2, 0.25) is 0 Å². The molecule has 0 saturated heterocycles. The van der Waals surface area contributed by atoms with Crippen molar-refractivity contribution in [3.63, 3.8) is 0 Å². The van der Waals surface area contributed by atoms with Crippen LogP contribution in [-0.4, -0.2) is 12.1 Å². The predicted molar refractivity (Wildman–Crippen MR) is 78.1 cm³/mol. The standard InChI is InChI=1S/C16H27NO/c1-6-15(3,4)13-8-10-14(11-9-13)18-16(5,7-2)12-17/h8-11H,6-7,12,17H2,1-5H3. The lowest BCUT2D eigenvalue weighted by Gasteiger charge is -2.29. The van der Waals surface area contributed by atoms with Gasteiger partial charge in [0.05, 0.1) is 0 Å². The molecular formula is C16H27NO. The Kier molecular flexibility index (Phi) is 4.80. The van der Waals surface area contributed by atoms with E-state index in [1.54, 1.807) is 0 Å². The first-order valence-electron chi connectivity index (χ1n) is 6.86. The molecular weight excluding hydrogens is 222 g/mol. The highest BCUT2D eigenvalue weighted by molar-refractivity contribution is 5.32. The van der Waals surface area contributed by atoms with Gasteiger partial charge in [-0.15, -0.1) is 0 Å². The van der Waals surface area contributed by atoms with Crippen LogP contribution in [0.5, 0.6) is 5.75 Å². The summed E-state index contributed by atoms with van der Waals surface area (Å²) in [6.45, 7) is 11.4. The summed E-state index contributed by atoms with van der Waals surface area (Å²) in [5, 5.41) is 0. The van der Waals surface area contributed by atoms with Gasteiger partial charge in [0.25, 0.3) is 0 Å². The van der Waals surface area contributed by atoms with Gasteiger partial charge in [0.2, 0.25) is 0 Å². The summed E-state index contributed by atoms with van der Waals surface area (Å²) in [5.41, 5.74) is 7.07. The van der Waals surface area contributed by atoms with Crippen molar-refractivity contribution in [3.8, 4) is 5.75 Å². The third-order valence-electron chi connectivity index (χ3n) is 4.06. The molecule has 2 N–H and O–H groups in total. The number of nitrogens with two attached hydrogens (primary N) is 1. The Morgan fingerprint density at radius 2 is 1.56 bits per heavy atom. The van der Waals surface area contributed by atoms with Crippen LogP contribution in [0.4, 0.5) is 0 Å². The van der Waals surface area contributed by atoms with Gasteiger partial charge in [-0.1, -0.05) is 39.8 Å². The van der Waals surface area contributed by atoms with Crippen LogP contribution in [0.1, 0.15) is 53.0 Å². The molecule has 0 aliphatic carbocycles. The molecule has 0 aromatic heterocycles. The van der Waals surface area contributed by atoms with Crippen molar-refractivity contribution in [1.82, 2.24) is 0 Å². The minimum atomic E-state index is -0.262. The van der Waals surface area contributed by atoms with E-state index in [1.165, 1.54) is 5.56 Å². The van der Waals surface area contributed by atoms with Gasteiger partial charge in [0.1, 0.15) is 11.4 Å². The second-order valence-electron chi connectivity index (χ2n) is 5.87. The SMILES string of the molecule is CCC(C)(CN)Oc1ccc(C(C)(C)CC)cc1. The average Bonchev–Trinajstić information content (AvgIpc) is 2.39. The molecule has 0 aliphatic rings. The fourth-order valence-corrected chi connectivity index (χ4v) is 1.72. The molecule has 0 spiro atoms. The molecule has 1 atom stereocenters. The van der Waals surface area contributed by atoms with Gasteiger partial charge < -0.3 is 10.5 Å². The van der Waals surface area contributed by atoms with Gasteiger partial charge in [0, 0.05) is 6.54 Å². The van der Waals surface area contributed by atoms with Crippen molar-refractivity contribution in [2.75, 3.05) is 6.54 Å². The van der Waals surface area contributed by atoms with Crippen LogP contribution in [0.3, 0.4) is 0 Å². The van der Waals surface area contributed by atoms with Crippen LogP contribution < -0.4 is 10.5 Å².